The van der Waals surface area contributed by atoms with Crippen molar-refractivity contribution in [3.8, 4) is 17.2 Å². The van der Waals surface area contributed by atoms with E-state index in [4.69, 9.17) is 32.4 Å². The van der Waals surface area contributed by atoms with Crippen molar-refractivity contribution < 1.29 is 13.9 Å². The molecule has 2 aromatic carbocycles. The van der Waals surface area contributed by atoms with Crippen LogP contribution in [0.1, 0.15) is 10.7 Å². The summed E-state index contributed by atoms with van der Waals surface area (Å²) in [7, 11) is 1.53. The van der Waals surface area contributed by atoms with E-state index in [0.717, 1.165) is 0 Å². The maximum atomic E-state index is 12.2. The molecule has 24 heavy (non-hydrogen) atoms. The highest BCUT2D eigenvalue weighted by Gasteiger charge is 2.19. The minimum Gasteiger partial charge on any atom is -0.496 e. The third kappa shape index (κ3) is 3.20. The molecule has 0 radical (unpaired) electrons. The zero-order valence-electron chi connectivity index (χ0n) is 12.4. The molecule has 1 heterocycles. The number of aromatic nitrogens is 2. The summed E-state index contributed by atoms with van der Waals surface area (Å²) in [6.07, 6.45) is 0. The number of nitrogens with zero attached hydrogens (tertiary/aromatic N) is 2. The van der Waals surface area contributed by atoms with Crippen molar-refractivity contribution in [1.82, 2.24) is 10.2 Å². The molecule has 6 nitrogen and oxygen atoms in total. The quantitative estimate of drug-likeness (QED) is 0.747. The van der Waals surface area contributed by atoms with Gasteiger partial charge in [-0.05, 0) is 24.3 Å². The SMILES string of the molecule is COc1ccccc1-c1nnc(C(=O)Nc2cccc(Cl)c2Cl)o1. The molecule has 3 rings (SSSR count). The number of carbonyl (C=O) groups excluding carboxylic acids is 1. The summed E-state index contributed by atoms with van der Waals surface area (Å²) in [5.41, 5.74) is 0.943. The Morgan fingerprint density at radius 1 is 1.12 bits per heavy atom. The van der Waals surface area contributed by atoms with E-state index in [2.05, 4.69) is 15.5 Å². The van der Waals surface area contributed by atoms with E-state index >= 15 is 0 Å². The molecule has 3 aromatic rings. The van der Waals surface area contributed by atoms with Gasteiger partial charge in [-0.3, -0.25) is 4.79 Å². The number of methoxy groups -OCH3 is 1. The number of carbonyl (C=O) groups is 1. The molecule has 0 fully saturated rings. The molecule has 0 aliphatic carbocycles. The van der Waals surface area contributed by atoms with Gasteiger partial charge >= 0.3 is 11.8 Å². The topological polar surface area (TPSA) is 77.2 Å². The average Bonchev–Trinajstić information content (AvgIpc) is 3.09. The van der Waals surface area contributed by atoms with Gasteiger partial charge in [0.05, 0.1) is 28.4 Å². The van der Waals surface area contributed by atoms with Crippen molar-refractivity contribution in [3.63, 3.8) is 0 Å². The van der Waals surface area contributed by atoms with Gasteiger partial charge in [-0.15, -0.1) is 10.2 Å². The summed E-state index contributed by atoms with van der Waals surface area (Å²) in [5, 5.41) is 10.8. The molecule has 0 saturated heterocycles. The van der Waals surface area contributed by atoms with Crippen LogP contribution in [0.5, 0.6) is 5.75 Å². The van der Waals surface area contributed by atoms with E-state index in [0.29, 0.717) is 22.0 Å². The first-order chi connectivity index (χ1) is 11.6. The van der Waals surface area contributed by atoms with E-state index in [1.165, 1.54) is 7.11 Å². The van der Waals surface area contributed by atoms with Gasteiger partial charge in [-0.1, -0.05) is 41.4 Å². The van der Waals surface area contributed by atoms with E-state index in [9.17, 15) is 4.79 Å². The first-order valence-corrected chi connectivity index (χ1v) is 7.58. The largest absolute Gasteiger partial charge is 0.496 e. The van der Waals surface area contributed by atoms with Crippen LogP contribution in [0.4, 0.5) is 5.69 Å². The lowest BCUT2D eigenvalue weighted by molar-refractivity contribution is 0.0991. The van der Waals surface area contributed by atoms with Crippen LogP contribution in [0, 0.1) is 0 Å². The molecule has 1 amide bonds. The first kappa shape index (κ1) is 16.3. The highest BCUT2D eigenvalue weighted by molar-refractivity contribution is 6.44. The highest BCUT2D eigenvalue weighted by atomic mass is 35.5. The van der Waals surface area contributed by atoms with Crippen molar-refractivity contribution in [2.24, 2.45) is 0 Å². The lowest BCUT2D eigenvalue weighted by Gasteiger charge is -2.05. The number of ether oxygens (including phenoxy) is 1. The number of para-hydroxylation sites is 1. The van der Waals surface area contributed by atoms with Crippen LogP contribution < -0.4 is 10.1 Å². The molecule has 0 bridgehead atoms. The fraction of sp³-hybridized carbons (Fsp3) is 0.0625. The Morgan fingerprint density at radius 2 is 1.92 bits per heavy atom. The Kier molecular flexibility index (Phi) is 4.69. The first-order valence-electron chi connectivity index (χ1n) is 6.82. The van der Waals surface area contributed by atoms with Crippen molar-refractivity contribution in [2.45, 2.75) is 0 Å². The molecule has 0 unspecified atom stereocenters. The van der Waals surface area contributed by atoms with Gasteiger partial charge in [0.25, 0.3) is 5.89 Å². The van der Waals surface area contributed by atoms with E-state index < -0.39 is 5.91 Å². The Labute approximate surface area is 147 Å². The molecule has 0 spiro atoms. The molecular formula is C16H11Cl2N3O3. The summed E-state index contributed by atoms with van der Waals surface area (Å²) in [6.45, 7) is 0. The van der Waals surface area contributed by atoms with Crippen LogP contribution in [0.3, 0.4) is 0 Å². The molecule has 1 N–H and O–H groups in total. The highest BCUT2D eigenvalue weighted by Crippen LogP contribution is 2.31. The predicted molar refractivity (Wildman–Crippen MR) is 90.7 cm³/mol. The fourth-order valence-corrected chi connectivity index (χ4v) is 2.37. The number of hydrogen-bond acceptors (Lipinski definition) is 5. The summed E-state index contributed by atoms with van der Waals surface area (Å²) < 4.78 is 10.7. The van der Waals surface area contributed by atoms with Gasteiger partial charge in [0.1, 0.15) is 5.75 Å². The lowest BCUT2D eigenvalue weighted by Crippen LogP contribution is -2.12. The summed E-state index contributed by atoms with van der Waals surface area (Å²) >= 11 is 11.9. The minimum atomic E-state index is -0.590. The third-order valence-electron chi connectivity index (χ3n) is 3.16. The second-order valence-corrected chi connectivity index (χ2v) is 5.45. The van der Waals surface area contributed by atoms with E-state index in [1.54, 1.807) is 36.4 Å². The number of nitrogens with one attached hydrogen (secondary N) is 1. The number of anilines is 1. The van der Waals surface area contributed by atoms with Crippen molar-refractivity contribution in [2.75, 3.05) is 12.4 Å². The zero-order valence-corrected chi connectivity index (χ0v) is 13.9. The normalized spacial score (nSPS) is 10.5. The van der Waals surface area contributed by atoms with Gasteiger partial charge in [-0.2, -0.15) is 0 Å². The van der Waals surface area contributed by atoms with Gasteiger partial charge < -0.3 is 14.5 Å². The lowest BCUT2D eigenvalue weighted by atomic mass is 10.2. The van der Waals surface area contributed by atoms with Gasteiger partial charge in [0.15, 0.2) is 0 Å². The monoisotopic (exact) mass is 363 g/mol. The molecule has 0 saturated carbocycles. The van der Waals surface area contributed by atoms with Gasteiger partial charge in [0.2, 0.25) is 0 Å². The molecule has 8 heteroatoms. The molecule has 122 valence electrons. The fourth-order valence-electron chi connectivity index (χ4n) is 2.02. The zero-order chi connectivity index (χ0) is 17.1. The molecule has 0 atom stereocenters. The van der Waals surface area contributed by atoms with Gasteiger partial charge in [0, 0.05) is 0 Å². The molecular weight excluding hydrogens is 353 g/mol. The summed E-state index contributed by atoms with van der Waals surface area (Å²) in [4.78, 5) is 12.2. The van der Waals surface area contributed by atoms with Gasteiger partial charge in [-0.25, -0.2) is 0 Å². The average molecular weight is 364 g/mol. The minimum absolute atomic E-state index is 0.176. The van der Waals surface area contributed by atoms with Crippen LogP contribution in [0.15, 0.2) is 46.9 Å². The van der Waals surface area contributed by atoms with Crippen LogP contribution >= 0.6 is 23.2 Å². The second kappa shape index (κ2) is 6.90. The summed E-state index contributed by atoms with van der Waals surface area (Å²) in [5.74, 6) is -0.0550. The Morgan fingerprint density at radius 3 is 2.71 bits per heavy atom. The van der Waals surface area contributed by atoms with Crippen molar-refractivity contribution >= 4 is 34.8 Å². The number of hydrogen-bond donors (Lipinski definition) is 1. The third-order valence-corrected chi connectivity index (χ3v) is 3.98. The smallest absolute Gasteiger partial charge is 0.313 e. The number of benzene rings is 2. The van der Waals surface area contributed by atoms with Crippen molar-refractivity contribution in [3.05, 3.63) is 58.4 Å². The van der Waals surface area contributed by atoms with Crippen molar-refractivity contribution in [1.29, 1.82) is 0 Å². The standard InChI is InChI=1S/C16H11Cl2N3O3/c1-23-12-8-3-2-5-9(12)15-20-21-16(24-15)14(22)19-11-7-4-6-10(17)13(11)18/h2-8H,1H3,(H,19,22). The van der Waals surface area contributed by atoms with E-state index in [-0.39, 0.29) is 16.8 Å². The number of halogens is 2. The number of amides is 1. The molecule has 0 aliphatic heterocycles. The van der Waals surface area contributed by atoms with Crippen LogP contribution in [-0.4, -0.2) is 23.2 Å². The Balaban J connectivity index is 1.85. The van der Waals surface area contributed by atoms with E-state index in [1.807, 2.05) is 6.07 Å². The van der Waals surface area contributed by atoms with Crippen LogP contribution in [-0.2, 0) is 0 Å². The molecule has 0 aliphatic rings. The Bertz CT molecular complexity index is 896. The Hall–Kier alpha value is -2.57. The maximum absolute atomic E-state index is 12.2. The summed E-state index contributed by atoms with van der Waals surface area (Å²) in [6, 6.07) is 12.0. The molecule has 1 aromatic heterocycles. The maximum Gasteiger partial charge on any atom is 0.313 e. The van der Waals surface area contributed by atoms with Crippen LogP contribution in [0.2, 0.25) is 10.0 Å². The van der Waals surface area contributed by atoms with Crippen LogP contribution in [0.25, 0.3) is 11.5 Å². The second-order valence-electron chi connectivity index (χ2n) is 4.67. The predicted octanol–water partition coefficient (Wildman–Crippen LogP) is 4.30. The number of rotatable bonds is 4.